The minimum atomic E-state index is 0.235. The van der Waals surface area contributed by atoms with Crippen LogP contribution in [0.4, 0.5) is 0 Å². The van der Waals surface area contributed by atoms with E-state index < -0.39 is 0 Å². The molecule has 17 heavy (non-hydrogen) atoms. The van der Waals surface area contributed by atoms with E-state index in [1.807, 2.05) is 0 Å². The second-order valence-electron chi connectivity index (χ2n) is 4.61. The van der Waals surface area contributed by atoms with Gasteiger partial charge in [0.15, 0.2) is 0 Å². The standard InChI is InChI=1S/C14H20N2O/c15-14(16)6-3-9-17-13-8-7-11-4-1-2-5-12(11)10-13/h7-8,10H,1-6,9H2,(H3,15,16). The largest absolute Gasteiger partial charge is 0.494 e. The lowest BCUT2D eigenvalue weighted by molar-refractivity contribution is 0.313. The molecule has 0 heterocycles. The van der Waals surface area contributed by atoms with E-state index in [0.29, 0.717) is 13.0 Å². The summed E-state index contributed by atoms with van der Waals surface area (Å²) in [4.78, 5) is 0. The van der Waals surface area contributed by atoms with Crippen LogP contribution >= 0.6 is 0 Å². The number of hydrogen-bond acceptors (Lipinski definition) is 2. The van der Waals surface area contributed by atoms with Gasteiger partial charge in [-0.25, -0.2) is 0 Å². The summed E-state index contributed by atoms with van der Waals surface area (Å²) in [5, 5.41) is 7.12. The Labute approximate surface area is 102 Å². The van der Waals surface area contributed by atoms with Crippen LogP contribution in [0.15, 0.2) is 18.2 Å². The first-order valence-corrected chi connectivity index (χ1v) is 6.33. The highest BCUT2D eigenvalue weighted by atomic mass is 16.5. The normalized spacial score (nSPS) is 14.1. The SMILES string of the molecule is N=C(N)CCCOc1ccc2c(c1)CCCC2. The van der Waals surface area contributed by atoms with E-state index in [2.05, 4.69) is 18.2 Å². The van der Waals surface area contributed by atoms with E-state index in [4.69, 9.17) is 15.9 Å². The van der Waals surface area contributed by atoms with Gasteiger partial charge in [-0.15, -0.1) is 0 Å². The van der Waals surface area contributed by atoms with E-state index in [1.54, 1.807) is 0 Å². The third-order valence-corrected chi connectivity index (χ3v) is 3.18. The molecule has 0 saturated carbocycles. The van der Waals surface area contributed by atoms with Gasteiger partial charge in [-0.1, -0.05) is 6.07 Å². The van der Waals surface area contributed by atoms with Crippen LogP contribution in [-0.2, 0) is 12.8 Å². The maximum Gasteiger partial charge on any atom is 0.119 e. The van der Waals surface area contributed by atoms with Crippen molar-refractivity contribution >= 4 is 5.84 Å². The van der Waals surface area contributed by atoms with E-state index in [0.717, 1.165) is 12.2 Å². The van der Waals surface area contributed by atoms with Gasteiger partial charge in [-0.2, -0.15) is 0 Å². The summed E-state index contributed by atoms with van der Waals surface area (Å²) in [6.07, 6.45) is 6.42. The van der Waals surface area contributed by atoms with Gasteiger partial charge < -0.3 is 10.5 Å². The number of hydrogen-bond donors (Lipinski definition) is 2. The van der Waals surface area contributed by atoms with Gasteiger partial charge in [0, 0.05) is 6.42 Å². The number of nitrogens with two attached hydrogens (primary N) is 1. The fraction of sp³-hybridized carbons (Fsp3) is 0.500. The molecule has 2 rings (SSSR count). The molecule has 3 nitrogen and oxygen atoms in total. The molecular formula is C14H20N2O. The van der Waals surface area contributed by atoms with Crippen LogP contribution in [0.3, 0.4) is 0 Å². The monoisotopic (exact) mass is 232 g/mol. The van der Waals surface area contributed by atoms with Gasteiger partial charge in [0.25, 0.3) is 0 Å². The number of rotatable bonds is 5. The number of ether oxygens (including phenoxy) is 1. The summed E-state index contributed by atoms with van der Waals surface area (Å²) in [6.45, 7) is 0.637. The Kier molecular flexibility index (Phi) is 4.02. The molecule has 1 aliphatic carbocycles. The third-order valence-electron chi connectivity index (χ3n) is 3.18. The van der Waals surface area contributed by atoms with Crippen LogP contribution in [0.1, 0.15) is 36.8 Å². The first kappa shape index (κ1) is 12.0. The van der Waals surface area contributed by atoms with Crippen molar-refractivity contribution in [1.29, 1.82) is 5.41 Å². The Hall–Kier alpha value is -1.51. The molecule has 1 aromatic carbocycles. The molecule has 1 aromatic rings. The van der Waals surface area contributed by atoms with Gasteiger partial charge >= 0.3 is 0 Å². The lowest BCUT2D eigenvalue weighted by Gasteiger charge is -2.16. The molecule has 0 radical (unpaired) electrons. The zero-order chi connectivity index (χ0) is 12.1. The molecule has 92 valence electrons. The smallest absolute Gasteiger partial charge is 0.119 e. The molecular weight excluding hydrogens is 212 g/mol. The molecule has 0 atom stereocenters. The quantitative estimate of drug-likeness (QED) is 0.466. The first-order chi connectivity index (χ1) is 8.25. The van der Waals surface area contributed by atoms with Crippen molar-refractivity contribution < 1.29 is 4.74 Å². The maximum absolute atomic E-state index is 7.12. The Bertz CT molecular complexity index is 401. The predicted octanol–water partition coefficient (Wildman–Crippen LogP) is 2.66. The highest BCUT2D eigenvalue weighted by molar-refractivity contribution is 5.76. The van der Waals surface area contributed by atoms with E-state index in [1.165, 1.54) is 36.8 Å². The lowest BCUT2D eigenvalue weighted by atomic mass is 9.92. The summed E-state index contributed by atoms with van der Waals surface area (Å²) in [7, 11) is 0. The van der Waals surface area contributed by atoms with Gasteiger partial charge in [-0.05, 0) is 55.4 Å². The molecule has 0 unspecified atom stereocenters. The van der Waals surface area contributed by atoms with Crippen molar-refractivity contribution in [2.45, 2.75) is 38.5 Å². The molecule has 0 aliphatic heterocycles. The maximum atomic E-state index is 7.12. The zero-order valence-corrected chi connectivity index (χ0v) is 10.2. The zero-order valence-electron chi connectivity index (χ0n) is 10.2. The highest BCUT2D eigenvalue weighted by Crippen LogP contribution is 2.25. The van der Waals surface area contributed by atoms with Crippen LogP contribution in [-0.4, -0.2) is 12.4 Å². The predicted molar refractivity (Wildman–Crippen MR) is 69.7 cm³/mol. The summed E-state index contributed by atoms with van der Waals surface area (Å²) in [6, 6.07) is 6.41. The van der Waals surface area contributed by atoms with E-state index in [-0.39, 0.29) is 5.84 Å². The van der Waals surface area contributed by atoms with Crippen LogP contribution < -0.4 is 10.5 Å². The number of aryl methyl sites for hydroxylation is 2. The van der Waals surface area contributed by atoms with E-state index >= 15 is 0 Å². The van der Waals surface area contributed by atoms with Crippen molar-refractivity contribution in [3.8, 4) is 5.75 Å². The van der Waals surface area contributed by atoms with Crippen molar-refractivity contribution in [3.63, 3.8) is 0 Å². The topological polar surface area (TPSA) is 59.1 Å². The fourth-order valence-corrected chi connectivity index (χ4v) is 2.25. The lowest BCUT2D eigenvalue weighted by Crippen LogP contribution is -2.11. The minimum absolute atomic E-state index is 0.235. The first-order valence-electron chi connectivity index (χ1n) is 6.33. The Morgan fingerprint density at radius 1 is 1.24 bits per heavy atom. The third kappa shape index (κ3) is 3.48. The van der Waals surface area contributed by atoms with Crippen LogP contribution in [0.5, 0.6) is 5.75 Å². The van der Waals surface area contributed by atoms with Gasteiger partial charge in [0.1, 0.15) is 5.75 Å². The van der Waals surface area contributed by atoms with Crippen LogP contribution in [0, 0.1) is 5.41 Å². The fourth-order valence-electron chi connectivity index (χ4n) is 2.25. The number of benzene rings is 1. The molecule has 0 amide bonds. The molecule has 0 fully saturated rings. The molecule has 3 heteroatoms. The van der Waals surface area contributed by atoms with Crippen LogP contribution in [0.25, 0.3) is 0 Å². The van der Waals surface area contributed by atoms with E-state index in [9.17, 15) is 0 Å². The summed E-state index contributed by atoms with van der Waals surface area (Å²) in [5.74, 6) is 1.19. The number of amidine groups is 1. The average molecular weight is 232 g/mol. The van der Waals surface area contributed by atoms with Gasteiger partial charge in [-0.3, -0.25) is 5.41 Å². The second kappa shape index (κ2) is 5.71. The molecule has 0 saturated heterocycles. The Morgan fingerprint density at radius 2 is 2.00 bits per heavy atom. The van der Waals surface area contributed by atoms with Gasteiger partial charge in [0.05, 0.1) is 12.4 Å². The molecule has 0 bridgehead atoms. The minimum Gasteiger partial charge on any atom is -0.494 e. The molecule has 0 aromatic heterocycles. The number of fused-ring (bicyclic) bond motifs is 1. The summed E-state index contributed by atoms with van der Waals surface area (Å²) in [5.41, 5.74) is 8.21. The average Bonchev–Trinajstić information content (AvgIpc) is 2.34. The summed E-state index contributed by atoms with van der Waals surface area (Å²) >= 11 is 0. The van der Waals surface area contributed by atoms with Crippen molar-refractivity contribution in [2.24, 2.45) is 5.73 Å². The van der Waals surface area contributed by atoms with Crippen molar-refractivity contribution in [1.82, 2.24) is 0 Å². The second-order valence-corrected chi connectivity index (χ2v) is 4.61. The number of nitrogens with one attached hydrogen (secondary N) is 1. The highest BCUT2D eigenvalue weighted by Gasteiger charge is 2.09. The molecule has 0 spiro atoms. The molecule has 3 N–H and O–H groups in total. The van der Waals surface area contributed by atoms with Crippen molar-refractivity contribution in [3.05, 3.63) is 29.3 Å². The summed E-state index contributed by atoms with van der Waals surface area (Å²) < 4.78 is 5.67. The van der Waals surface area contributed by atoms with Crippen LogP contribution in [0.2, 0.25) is 0 Å². The Morgan fingerprint density at radius 3 is 2.76 bits per heavy atom. The Balaban J connectivity index is 1.86. The molecule has 1 aliphatic rings. The van der Waals surface area contributed by atoms with Gasteiger partial charge in [0.2, 0.25) is 0 Å². The van der Waals surface area contributed by atoms with Crippen molar-refractivity contribution in [2.75, 3.05) is 6.61 Å².